The number of para-hydroxylation sites is 2. The minimum Gasteiger partial charge on any atom is -0.494 e. The third kappa shape index (κ3) is 5.13. The van der Waals surface area contributed by atoms with E-state index in [9.17, 15) is 9.59 Å². The number of thioether (sulfide) groups is 1. The number of hydrogen-bond donors (Lipinski definition) is 1. The van der Waals surface area contributed by atoms with E-state index in [-0.39, 0.29) is 11.7 Å². The molecule has 0 aliphatic rings. The minimum atomic E-state index is -0.123. The van der Waals surface area contributed by atoms with Gasteiger partial charge in [0.2, 0.25) is 5.91 Å². The fourth-order valence-electron chi connectivity index (χ4n) is 2.26. The van der Waals surface area contributed by atoms with Crippen molar-refractivity contribution in [3.05, 3.63) is 59.7 Å². The SMILES string of the molecule is CCOc1ccccc1CSCC(=O)Nc1ccccc1C(C)=O. The molecule has 1 amide bonds. The molecule has 0 atom stereocenters. The zero-order valence-corrected chi connectivity index (χ0v) is 14.7. The first kappa shape index (κ1) is 18.1. The van der Waals surface area contributed by atoms with E-state index in [1.54, 1.807) is 24.3 Å². The molecule has 0 aliphatic carbocycles. The van der Waals surface area contributed by atoms with Crippen LogP contribution in [0.5, 0.6) is 5.75 Å². The predicted octanol–water partition coefficient (Wildman–Crippen LogP) is 4.16. The molecular formula is C19H21NO3S. The van der Waals surface area contributed by atoms with Gasteiger partial charge in [-0.15, -0.1) is 11.8 Å². The number of anilines is 1. The molecule has 0 radical (unpaired) electrons. The Morgan fingerprint density at radius 3 is 2.54 bits per heavy atom. The fourth-order valence-corrected chi connectivity index (χ4v) is 3.08. The number of Topliss-reactive ketones (excluding diaryl/α,β-unsaturated/α-hetero) is 1. The highest BCUT2D eigenvalue weighted by Gasteiger charge is 2.10. The van der Waals surface area contributed by atoms with Gasteiger partial charge in [-0.2, -0.15) is 0 Å². The van der Waals surface area contributed by atoms with E-state index < -0.39 is 0 Å². The van der Waals surface area contributed by atoms with Gasteiger partial charge in [0.05, 0.1) is 18.0 Å². The van der Waals surface area contributed by atoms with E-state index in [1.165, 1.54) is 18.7 Å². The van der Waals surface area contributed by atoms with Crippen molar-refractivity contribution in [3.8, 4) is 5.75 Å². The summed E-state index contributed by atoms with van der Waals surface area (Å²) in [5.41, 5.74) is 2.16. The second-order valence-corrected chi connectivity index (χ2v) is 6.17. The quantitative estimate of drug-likeness (QED) is 0.731. The number of ether oxygens (including phenoxy) is 1. The van der Waals surface area contributed by atoms with Crippen LogP contribution in [0.4, 0.5) is 5.69 Å². The first-order chi connectivity index (χ1) is 11.6. The highest BCUT2D eigenvalue weighted by molar-refractivity contribution is 7.99. The lowest BCUT2D eigenvalue weighted by Crippen LogP contribution is -2.16. The number of nitrogens with one attached hydrogen (secondary N) is 1. The molecule has 126 valence electrons. The Labute approximate surface area is 146 Å². The van der Waals surface area contributed by atoms with Crippen LogP contribution in [-0.4, -0.2) is 24.1 Å². The fraction of sp³-hybridized carbons (Fsp3) is 0.263. The second kappa shape index (κ2) is 9.13. The summed E-state index contributed by atoms with van der Waals surface area (Å²) < 4.78 is 5.58. The van der Waals surface area contributed by atoms with Gasteiger partial charge in [0, 0.05) is 16.9 Å². The molecule has 0 saturated carbocycles. The molecule has 0 heterocycles. The lowest BCUT2D eigenvalue weighted by Gasteiger charge is -2.11. The zero-order chi connectivity index (χ0) is 17.4. The largest absolute Gasteiger partial charge is 0.494 e. The maximum absolute atomic E-state index is 12.1. The van der Waals surface area contributed by atoms with Gasteiger partial charge in [0.25, 0.3) is 0 Å². The number of rotatable bonds is 8. The van der Waals surface area contributed by atoms with Crippen LogP contribution in [0.2, 0.25) is 0 Å². The lowest BCUT2D eigenvalue weighted by molar-refractivity contribution is -0.113. The first-order valence-electron chi connectivity index (χ1n) is 7.80. The average molecular weight is 343 g/mol. The van der Waals surface area contributed by atoms with Crippen LogP contribution in [0.1, 0.15) is 29.8 Å². The molecule has 24 heavy (non-hydrogen) atoms. The standard InChI is InChI=1S/C19H21NO3S/c1-3-23-18-11-7-4-8-15(18)12-24-13-19(22)20-17-10-6-5-9-16(17)14(2)21/h4-11H,3,12-13H2,1-2H3,(H,20,22). The molecule has 1 N–H and O–H groups in total. The molecular weight excluding hydrogens is 322 g/mol. The third-order valence-electron chi connectivity index (χ3n) is 3.34. The third-order valence-corrected chi connectivity index (χ3v) is 4.33. The second-order valence-electron chi connectivity index (χ2n) is 5.18. The van der Waals surface area contributed by atoms with Gasteiger partial charge in [-0.3, -0.25) is 9.59 Å². The van der Waals surface area contributed by atoms with Crippen molar-refractivity contribution in [1.29, 1.82) is 0 Å². The van der Waals surface area contributed by atoms with Crippen LogP contribution in [0, 0.1) is 0 Å². The summed E-state index contributed by atoms with van der Waals surface area (Å²) in [5.74, 6) is 1.67. The molecule has 0 aromatic heterocycles. The van der Waals surface area contributed by atoms with E-state index in [0.29, 0.717) is 29.4 Å². The highest BCUT2D eigenvalue weighted by Crippen LogP contribution is 2.23. The maximum atomic E-state index is 12.1. The van der Waals surface area contributed by atoms with Crippen molar-refractivity contribution < 1.29 is 14.3 Å². The normalized spacial score (nSPS) is 10.2. The van der Waals surface area contributed by atoms with Gasteiger partial charge in [0.1, 0.15) is 5.75 Å². The Morgan fingerprint density at radius 2 is 1.79 bits per heavy atom. The van der Waals surface area contributed by atoms with Crippen molar-refractivity contribution in [2.75, 3.05) is 17.7 Å². The van der Waals surface area contributed by atoms with E-state index in [0.717, 1.165) is 11.3 Å². The van der Waals surface area contributed by atoms with Gasteiger partial charge in [-0.05, 0) is 32.0 Å². The number of benzene rings is 2. The van der Waals surface area contributed by atoms with E-state index in [2.05, 4.69) is 5.32 Å². The van der Waals surface area contributed by atoms with Crippen LogP contribution >= 0.6 is 11.8 Å². The molecule has 5 heteroatoms. The average Bonchev–Trinajstić information content (AvgIpc) is 2.57. The van der Waals surface area contributed by atoms with E-state index >= 15 is 0 Å². The smallest absolute Gasteiger partial charge is 0.234 e. The van der Waals surface area contributed by atoms with Gasteiger partial charge < -0.3 is 10.1 Å². The Bertz CT molecular complexity index is 715. The topological polar surface area (TPSA) is 55.4 Å². The van der Waals surface area contributed by atoms with Crippen LogP contribution in [-0.2, 0) is 10.5 Å². The molecule has 0 spiro atoms. The van der Waals surface area contributed by atoms with Gasteiger partial charge in [0.15, 0.2) is 5.78 Å². The Balaban J connectivity index is 1.90. The number of amides is 1. The monoisotopic (exact) mass is 343 g/mol. The summed E-state index contributed by atoms with van der Waals surface area (Å²) in [6.45, 7) is 4.05. The lowest BCUT2D eigenvalue weighted by atomic mass is 10.1. The summed E-state index contributed by atoms with van der Waals surface area (Å²) in [6.07, 6.45) is 0. The maximum Gasteiger partial charge on any atom is 0.234 e. The van der Waals surface area contributed by atoms with Crippen molar-refractivity contribution in [2.24, 2.45) is 0 Å². The number of hydrogen-bond acceptors (Lipinski definition) is 4. The van der Waals surface area contributed by atoms with Gasteiger partial charge in [-0.25, -0.2) is 0 Å². The Morgan fingerprint density at radius 1 is 1.08 bits per heavy atom. The van der Waals surface area contributed by atoms with E-state index in [1.807, 2.05) is 31.2 Å². The Kier molecular flexibility index (Phi) is 6.88. The molecule has 0 unspecified atom stereocenters. The van der Waals surface area contributed by atoms with Crippen molar-refractivity contribution in [2.45, 2.75) is 19.6 Å². The number of ketones is 1. The molecule has 2 aromatic rings. The Hall–Kier alpha value is -2.27. The number of carbonyl (C=O) groups excluding carboxylic acids is 2. The molecule has 2 aromatic carbocycles. The minimum absolute atomic E-state index is 0.0656. The zero-order valence-electron chi connectivity index (χ0n) is 13.9. The molecule has 0 saturated heterocycles. The van der Waals surface area contributed by atoms with Crippen molar-refractivity contribution >= 4 is 29.1 Å². The predicted molar refractivity (Wildman–Crippen MR) is 98.8 cm³/mol. The van der Waals surface area contributed by atoms with Crippen LogP contribution in [0.3, 0.4) is 0 Å². The molecule has 2 rings (SSSR count). The molecule has 4 nitrogen and oxygen atoms in total. The van der Waals surface area contributed by atoms with Crippen LogP contribution < -0.4 is 10.1 Å². The summed E-state index contributed by atoms with van der Waals surface area (Å²) in [7, 11) is 0. The summed E-state index contributed by atoms with van der Waals surface area (Å²) in [5, 5.41) is 2.81. The van der Waals surface area contributed by atoms with Crippen molar-refractivity contribution in [1.82, 2.24) is 0 Å². The molecule has 0 aliphatic heterocycles. The van der Waals surface area contributed by atoms with E-state index in [4.69, 9.17) is 4.74 Å². The molecule has 0 bridgehead atoms. The van der Waals surface area contributed by atoms with Crippen LogP contribution in [0.25, 0.3) is 0 Å². The summed E-state index contributed by atoms with van der Waals surface area (Å²) >= 11 is 1.51. The van der Waals surface area contributed by atoms with Crippen molar-refractivity contribution in [3.63, 3.8) is 0 Å². The number of carbonyl (C=O) groups is 2. The summed E-state index contributed by atoms with van der Waals surface area (Å²) in [6, 6.07) is 14.9. The van der Waals surface area contributed by atoms with Crippen LogP contribution in [0.15, 0.2) is 48.5 Å². The summed E-state index contributed by atoms with van der Waals surface area (Å²) in [4.78, 5) is 23.7. The van der Waals surface area contributed by atoms with Gasteiger partial charge in [-0.1, -0.05) is 30.3 Å². The highest BCUT2D eigenvalue weighted by atomic mass is 32.2. The first-order valence-corrected chi connectivity index (χ1v) is 8.95. The molecule has 0 fully saturated rings. The van der Waals surface area contributed by atoms with Gasteiger partial charge >= 0.3 is 0 Å².